The van der Waals surface area contributed by atoms with Crippen LogP contribution >= 0.6 is 0 Å². The molecule has 3 aromatic rings. The third-order valence-corrected chi connectivity index (χ3v) is 4.87. The average molecular weight is 369 g/mol. The minimum Gasteiger partial charge on any atom is -0.256 e. The van der Waals surface area contributed by atoms with Crippen LogP contribution in [0.2, 0.25) is 0 Å². The molecule has 0 saturated heterocycles. The van der Waals surface area contributed by atoms with Gasteiger partial charge in [0.15, 0.2) is 0 Å². The maximum Gasteiger partial charge on any atom is 0.0688 e. The number of hydrogen-bond donors (Lipinski definition) is 0. The number of aliphatic imine (C=N–C) groups is 2. The molecule has 2 nitrogen and oxygen atoms in total. The molecule has 142 valence electrons. The van der Waals surface area contributed by atoms with Crippen LogP contribution in [0, 0.1) is 41.5 Å². The van der Waals surface area contributed by atoms with Crippen LogP contribution in [0.25, 0.3) is 0 Å². The Morgan fingerprint density at radius 2 is 0.893 bits per heavy atom. The summed E-state index contributed by atoms with van der Waals surface area (Å²) in [5, 5.41) is 0. The molecule has 0 saturated carbocycles. The standard InChI is InChI=1S/C26H28N2/c1-17-10-19(3)25(20(4)11-17)27-15-23-8-7-9-24(14-23)16-28-26-21(5)12-18(2)13-22(26)6/h7-16H,1-6H3. The molecule has 3 aromatic carbocycles. The lowest BCUT2D eigenvalue weighted by atomic mass is 10.1. The van der Waals surface area contributed by atoms with E-state index in [9.17, 15) is 0 Å². The monoisotopic (exact) mass is 368 g/mol. The van der Waals surface area contributed by atoms with Crippen molar-refractivity contribution < 1.29 is 0 Å². The van der Waals surface area contributed by atoms with Gasteiger partial charge in [0.2, 0.25) is 0 Å². The Hall–Kier alpha value is -3.00. The van der Waals surface area contributed by atoms with Gasteiger partial charge in [0.1, 0.15) is 0 Å². The van der Waals surface area contributed by atoms with Gasteiger partial charge in [-0.15, -0.1) is 0 Å². The summed E-state index contributed by atoms with van der Waals surface area (Å²) in [6.45, 7) is 12.7. The zero-order valence-corrected chi connectivity index (χ0v) is 17.7. The van der Waals surface area contributed by atoms with E-state index in [4.69, 9.17) is 9.98 Å². The van der Waals surface area contributed by atoms with Crippen LogP contribution in [0.3, 0.4) is 0 Å². The average Bonchev–Trinajstić information content (AvgIpc) is 2.60. The van der Waals surface area contributed by atoms with Gasteiger partial charge in [0.05, 0.1) is 11.4 Å². The predicted molar refractivity (Wildman–Crippen MR) is 122 cm³/mol. The first-order valence-electron chi connectivity index (χ1n) is 9.67. The minimum atomic E-state index is 1.05. The molecule has 0 heterocycles. The van der Waals surface area contributed by atoms with E-state index in [2.05, 4.69) is 84.0 Å². The smallest absolute Gasteiger partial charge is 0.0688 e. The van der Waals surface area contributed by atoms with E-state index >= 15 is 0 Å². The van der Waals surface area contributed by atoms with Gasteiger partial charge in [-0.2, -0.15) is 0 Å². The fourth-order valence-corrected chi connectivity index (χ4v) is 3.75. The van der Waals surface area contributed by atoms with Crippen LogP contribution in [0.5, 0.6) is 0 Å². The first-order valence-corrected chi connectivity index (χ1v) is 9.67. The molecule has 0 atom stereocenters. The second kappa shape index (κ2) is 8.35. The van der Waals surface area contributed by atoms with Gasteiger partial charge >= 0.3 is 0 Å². The van der Waals surface area contributed by atoms with Crippen molar-refractivity contribution in [1.29, 1.82) is 0 Å². The maximum atomic E-state index is 4.74. The second-order valence-corrected chi connectivity index (χ2v) is 7.68. The molecule has 0 aromatic heterocycles. The van der Waals surface area contributed by atoms with E-state index in [0.717, 1.165) is 22.5 Å². The summed E-state index contributed by atoms with van der Waals surface area (Å²) in [7, 11) is 0. The summed E-state index contributed by atoms with van der Waals surface area (Å²) < 4.78 is 0. The van der Waals surface area contributed by atoms with E-state index in [1.54, 1.807) is 0 Å². The lowest BCUT2D eigenvalue weighted by Crippen LogP contribution is -1.89. The molecule has 0 aliphatic heterocycles. The topological polar surface area (TPSA) is 24.7 Å². The number of hydrogen-bond acceptors (Lipinski definition) is 2. The summed E-state index contributed by atoms with van der Waals surface area (Å²) >= 11 is 0. The Balaban J connectivity index is 1.86. The normalized spacial score (nSPS) is 11.6. The third-order valence-electron chi connectivity index (χ3n) is 4.87. The molecule has 0 radical (unpaired) electrons. The molecule has 2 heteroatoms. The van der Waals surface area contributed by atoms with Crippen molar-refractivity contribution >= 4 is 23.8 Å². The third kappa shape index (κ3) is 4.64. The van der Waals surface area contributed by atoms with Gasteiger partial charge < -0.3 is 0 Å². The van der Waals surface area contributed by atoms with E-state index in [-0.39, 0.29) is 0 Å². The fourth-order valence-electron chi connectivity index (χ4n) is 3.75. The Labute approximate surface area is 168 Å². The van der Waals surface area contributed by atoms with Crippen molar-refractivity contribution in [2.45, 2.75) is 41.5 Å². The van der Waals surface area contributed by atoms with Crippen molar-refractivity contribution in [3.05, 3.63) is 93.0 Å². The molecule has 0 aliphatic carbocycles. The van der Waals surface area contributed by atoms with E-state index in [1.807, 2.05) is 18.5 Å². The number of nitrogens with zero attached hydrogens (tertiary/aromatic N) is 2. The van der Waals surface area contributed by atoms with Crippen molar-refractivity contribution in [1.82, 2.24) is 0 Å². The van der Waals surface area contributed by atoms with E-state index in [0.29, 0.717) is 0 Å². The molecule has 0 aliphatic rings. The van der Waals surface area contributed by atoms with E-state index in [1.165, 1.54) is 33.4 Å². The summed E-state index contributed by atoms with van der Waals surface area (Å²) in [6, 6.07) is 17.0. The van der Waals surface area contributed by atoms with Gasteiger partial charge in [-0.25, -0.2) is 0 Å². The molecule has 0 unspecified atom stereocenters. The van der Waals surface area contributed by atoms with Crippen molar-refractivity contribution in [3.8, 4) is 0 Å². The Morgan fingerprint density at radius 3 is 1.25 bits per heavy atom. The quantitative estimate of drug-likeness (QED) is 0.441. The molecule has 3 rings (SSSR count). The fraction of sp³-hybridized carbons (Fsp3) is 0.231. The van der Waals surface area contributed by atoms with Gasteiger partial charge in [-0.1, -0.05) is 53.6 Å². The molecule has 0 spiro atoms. The molecule has 0 bridgehead atoms. The molecule has 0 fully saturated rings. The predicted octanol–water partition coefficient (Wildman–Crippen LogP) is 7.04. The van der Waals surface area contributed by atoms with Gasteiger partial charge in [0.25, 0.3) is 0 Å². The molecular weight excluding hydrogens is 340 g/mol. The summed E-state index contributed by atoms with van der Waals surface area (Å²) in [5.41, 5.74) is 11.6. The van der Waals surface area contributed by atoms with Crippen molar-refractivity contribution in [3.63, 3.8) is 0 Å². The van der Waals surface area contributed by atoms with Crippen molar-refractivity contribution in [2.75, 3.05) is 0 Å². The number of aryl methyl sites for hydroxylation is 6. The zero-order valence-electron chi connectivity index (χ0n) is 17.7. The first kappa shape index (κ1) is 19.8. The lowest BCUT2D eigenvalue weighted by molar-refractivity contribution is 1.29. The second-order valence-electron chi connectivity index (χ2n) is 7.68. The molecular formula is C26H28N2. The van der Waals surface area contributed by atoms with Crippen LogP contribution in [0.1, 0.15) is 44.5 Å². The highest BCUT2D eigenvalue weighted by atomic mass is 14.7. The van der Waals surface area contributed by atoms with Crippen LogP contribution < -0.4 is 0 Å². The minimum absolute atomic E-state index is 1.05. The number of benzene rings is 3. The van der Waals surface area contributed by atoms with Crippen LogP contribution in [-0.4, -0.2) is 12.4 Å². The summed E-state index contributed by atoms with van der Waals surface area (Å²) in [6.07, 6.45) is 3.87. The summed E-state index contributed by atoms with van der Waals surface area (Å²) in [4.78, 5) is 9.49. The SMILES string of the molecule is Cc1cc(C)c(N=Cc2cccc(C=Nc3c(C)cc(C)cc3C)c2)c(C)c1. The maximum absolute atomic E-state index is 4.74. The highest BCUT2D eigenvalue weighted by Crippen LogP contribution is 2.26. The lowest BCUT2D eigenvalue weighted by Gasteiger charge is -2.07. The molecule has 0 N–H and O–H groups in total. The Kier molecular flexibility index (Phi) is 5.89. The highest BCUT2D eigenvalue weighted by molar-refractivity contribution is 5.88. The first-order chi connectivity index (χ1) is 13.3. The largest absolute Gasteiger partial charge is 0.256 e. The Bertz CT molecular complexity index is 943. The van der Waals surface area contributed by atoms with Gasteiger partial charge in [-0.3, -0.25) is 9.98 Å². The van der Waals surface area contributed by atoms with Crippen LogP contribution in [0.15, 0.2) is 58.5 Å². The Morgan fingerprint density at radius 1 is 0.536 bits per heavy atom. The van der Waals surface area contributed by atoms with Crippen LogP contribution in [0.4, 0.5) is 11.4 Å². The van der Waals surface area contributed by atoms with Crippen molar-refractivity contribution in [2.24, 2.45) is 9.98 Å². The van der Waals surface area contributed by atoms with Crippen LogP contribution in [-0.2, 0) is 0 Å². The summed E-state index contributed by atoms with van der Waals surface area (Å²) in [5.74, 6) is 0. The number of rotatable bonds is 4. The van der Waals surface area contributed by atoms with E-state index < -0.39 is 0 Å². The van der Waals surface area contributed by atoms with Gasteiger partial charge in [0, 0.05) is 12.4 Å². The zero-order chi connectivity index (χ0) is 20.3. The van der Waals surface area contributed by atoms with Gasteiger partial charge in [-0.05, 0) is 81.0 Å². The molecule has 0 amide bonds. The highest BCUT2D eigenvalue weighted by Gasteiger charge is 2.03. The molecule has 28 heavy (non-hydrogen) atoms.